The molecule has 0 heteroatoms. The summed E-state index contributed by atoms with van der Waals surface area (Å²) >= 11 is 0. The van der Waals surface area contributed by atoms with Crippen LogP contribution in [0.4, 0.5) is 0 Å². The number of allylic oxidation sites excluding steroid dienone is 5. The van der Waals surface area contributed by atoms with Crippen LogP contribution in [0, 0.1) is 0 Å². The van der Waals surface area contributed by atoms with Crippen LogP contribution in [0.5, 0.6) is 0 Å². The molecule has 2 aliphatic carbocycles. The Morgan fingerprint density at radius 3 is 2.65 bits per heavy atom. The van der Waals surface area contributed by atoms with Crippen molar-refractivity contribution in [3.8, 4) is 11.1 Å². The topological polar surface area (TPSA) is 0 Å². The van der Waals surface area contributed by atoms with Gasteiger partial charge in [0.15, 0.2) is 0 Å². The molecule has 2 aromatic carbocycles. The summed E-state index contributed by atoms with van der Waals surface area (Å²) in [5.41, 5.74) is 10.0. The SMILES string of the molecule is C=CC1c2ccccc2-c2cccc(C3=C(CCC)CC=C3)c21. The molecule has 0 radical (unpaired) electrons. The van der Waals surface area contributed by atoms with E-state index in [9.17, 15) is 0 Å². The average Bonchev–Trinajstić information content (AvgIpc) is 3.17. The minimum Gasteiger partial charge on any atom is -0.102 e. The number of hydrogen-bond donors (Lipinski definition) is 0. The van der Waals surface area contributed by atoms with Gasteiger partial charge in [-0.15, -0.1) is 6.58 Å². The first-order chi connectivity index (χ1) is 11.3. The van der Waals surface area contributed by atoms with E-state index in [1.54, 1.807) is 5.57 Å². The quantitative estimate of drug-likeness (QED) is 0.565. The molecule has 0 saturated carbocycles. The first-order valence-corrected chi connectivity index (χ1v) is 8.58. The van der Waals surface area contributed by atoms with Crippen molar-refractivity contribution in [1.82, 2.24) is 0 Å². The second-order valence-corrected chi connectivity index (χ2v) is 6.44. The van der Waals surface area contributed by atoms with E-state index in [1.165, 1.54) is 46.2 Å². The van der Waals surface area contributed by atoms with E-state index in [-0.39, 0.29) is 0 Å². The lowest BCUT2D eigenvalue weighted by Crippen LogP contribution is -1.98. The minimum atomic E-state index is 0.307. The van der Waals surface area contributed by atoms with Gasteiger partial charge in [-0.3, -0.25) is 0 Å². The van der Waals surface area contributed by atoms with E-state index in [0.29, 0.717) is 5.92 Å². The summed E-state index contributed by atoms with van der Waals surface area (Å²) in [7, 11) is 0. The van der Waals surface area contributed by atoms with Crippen LogP contribution in [0.25, 0.3) is 16.7 Å². The molecule has 4 rings (SSSR count). The zero-order valence-electron chi connectivity index (χ0n) is 13.7. The van der Waals surface area contributed by atoms with Crippen LogP contribution in [-0.2, 0) is 0 Å². The highest BCUT2D eigenvalue weighted by Crippen LogP contribution is 2.49. The second-order valence-electron chi connectivity index (χ2n) is 6.44. The van der Waals surface area contributed by atoms with Crippen molar-refractivity contribution < 1.29 is 0 Å². The lowest BCUT2D eigenvalue weighted by Gasteiger charge is -2.16. The molecule has 0 bridgehead atoms. The van der Waals surface area contributed by atoms with Crippen LogP contribution in [0.2, 0.25) is 0 Å². The van der Waals surface area contributed by atoms with Gasteiger partial charge < -0.3 is 0 Å². The average molecular weight is 298 g/mol. The maximum Gasteiger partial charge on any atom is 0.0285 e. The number of hydrogen-bond acceptors (Lipinski definition) is 0. The zero-order chi connectivity index (χ0) is 15.8. The van der Waals surface area contributed by atoms with Crippen molar-refractivity contribution in [1.29, 1.82) is 0 Å². The summed E-state index contributed by atoms with van der Waals surface area (Å²) in [5, 5.41) is 0. The molecule has 0 aromatic heterocycles. The van der Waals surface area contributed by atoms with Crippen LogP contribution in [-0.4, -0.2) is 0 Å². The molecule has 0 spiro atoms. The maximum atomic E-state index is 4.13. The van der Waals surface area contributed by atoms with E-state index >= 15 is 0 Å². The highest BCUT2D eigenvalue weighted by Gasteiger charge is 2.29. The fourth-order valence-corrected chi connectivity index (χ4v) is 4.15. The normalized spacial score (nSPS) is 18.2. The van der Waals surface area contributed by atoms with Crippen molar-refractivity contribution in [2.45, 2.75) is 32.1 Å². The van der Waals surface area contributed by atoms with Crippen LogP contribution < -0.4 is 0 Å². The third kappa shape index (κ3) is 2.13. The first kappa shape index (κ1) is 14.3. The molecule has 0 saturated heterocycles. The molecular formula is C23H22. The van der Waals surface area contributed by atoms with Crippen molar-refractivity contribution >= 4 is 5.57 Å². The Bertz CT molecular complexity index is 833. The van der Waals surface area contributed by atoms with Gasteiger partial charge in [0.05, 0.1) is 0 Å². The molecule has 2 aromatic rings. The summed E-state index contributed by atoms with van der Waals surface area (Å²) in [6, 6.07) is 15.5. The summed E-state index contributed by atoms with van der Waals surface area (Å²) < 4.78 is 0. The zero-order valence-corrected chi connectivity index (χ0v) is 13.7. The maximum absolute atomic E-state index is 4.13. The molecule has 0 amide bonds. The van der Waals surface area contributed by atoms with Crippen molar-refractivity contribution in [3.05, 3.63) is 89.5 Å². The lowest BCUT2D eigenvalue weighted by molar-refractivity contribution is 0.889. The monoisotopic (exact) mass is 298 g/mol. The molecule has 0 aliphatic heterocycles. The minimum absolute atomic E-state index is 0.307. The molecule has 0 N–H and O–H groups in total. The van der Waals surface area contributed by atoms with Gasteiger partial charge in [-0.25, -0.2) is 0 Å². The molecule has 23 heavy (non-hydrogen) atoms. The number of benzene rings is 2. The molecule has 0 nitrogen and oxygen atoms in total. The van der Waals surface area contributed by atoms with Crippen LogP contribution in [0.15, 0.2) is 72.8 Å². The molecule has 0 heterocycles. The highest BCUT2D eigenvalue weighted by molar-refractivity contribution is 5.89. The van der Waals surface area contributed by atoms with Crippen LogP contribution in [0.3, 0.4) is 0 Å². The fraction of sp³-hybridized carbons (Fsp3) is 0.217. The van der Waals surface area contributed by atoms with Crippen LogP contribution in [0.1, 0.15) is 48.8 Å². The van der Waals surface area contributed by atoms with Crippen molar-refractivity contribution in [2.75, 3.05) is 0 Å². The predicted octanol–water partition coefficient (Wildman–Crippen LogP) is 6.50. The Morgan fingerprint density at radius 1 is 1.04 bits per heavy atom. The Balaban J connectivity index is 1.95. The van der Waals surface area contributed by atoms with E-state index in [4.69, 9.17) is 0 Å². The van der Waals surface area contributed by atoms with Crippen LogP contribution >= 0.6 is 0 Å². The van der Waals surface area contributed by atoms with Gasteiger partial charge in [0.2, 0.25) is 0 Å². The summed E-state index contributed by atoms with van der Waals surface area (Å²) in [6.45, 7) is 6.39. The summed E-state index contributed by atoms with van der Waals surface area (Å²) in [4.78, 5) is 0. The van der Waals surface area contributed by atoms with E-state index < -0.39 is 0 Å². The van der Waals surface area contributed by atoms with Crippen molar-refractivity contribution in [3.63, 3.8) is 0 Å². The Labute approximate surface area is 138 Å². The Hall–Kier alpha value is -2.34. The van der Waals surface area contributed by atoms with Gasteiger partial charge in [0.1, 0.15) is 0 Å². The van der Waals surface area contributed by atoms with Gasteiger partial charge in [0.25, 0.3) is 0 Å². The van der Waals surface area contributed by atoms with Gasteiger partial charge in [-0.05, 0) is 46.2 Å². The van der Waals surface area contributed by atoms with Gasteiger partial charge in [-0.2, -0.15) is 0 Å². The number of rotatable bonds is 4. The molecule has 0 fully saturated rings. The molecule has 114 valence electrons. The highest BCUT2D eigenvalue weighted by atomic mass is 14.3. The smallest absolute Gasteiger partial charge is 0.0285 e. The van der Waals surface area contributed by atoms with Gasteiger partial charge in [-0.1, -0.05) is 79.6 Å². The van der Waals surface area contributed by atoms with E-state index in [0.717, 1.165) is 6.42 Å². The molecule has 2 aliphatic rings. The summed E-state index contributed by atoms with van der Waals surface area (Å²) in [6.07, 6.45) is 10.2. The molecule has 1 atom stereocenters. The third-order valence-electron chi connectivity index (χ3n) is 5.11. The standard InChI is InChI=1S/C23H22/c1-3-9-16-10-7-13-18(16)21-14-8-15-22-20-12-6-5-11-19(20)17(4-2)23(21)22/h4-8,11-15,17H,2-3,9-10H2,1H3. The Morgan fingerprint density at radius 2 is 1.83 bits per heavy atom. The lowest BCUT2D eigenvalue weighted by atomic mass is 9.88. The Kier molecular flexibility index (Phi) is 3.53. The first-order valence-electron chi connectivity index (χ1n) is 8.58. The van der Waals surface area contributed by atoms with Gasteiger partial charge in [0, 0.05) is 5.92 Å². The summed E-state index contributed by atoms with van der Waals surface area (Å²) in [5.74, 6) is 0.307. The van der Waals surface area contributed by atoms with Gasteiger partial charge >= 0.3 is 0 Å². The molecule has 1 unspecified atom stereocenters. The predicted molar refractivity (Wildman–Crippen MR) is 99.5 cm³/mol. The van der Waals surface area contributed by atoms with E-state index in [2.05, 4.69) is 74.2 Å². The largest absolute Gasteiger partial charge is 0.102 e. The second kappa shape index (κ2) is 5.70. The molecular weight excluding hydrogens is 276 g/mol. The van der Waals surface area contributed by atoms with E-state index in [1.807, 2.05) is 0 Å². The van der Waals surface area contributed by atoms with Crippen molar-refractivity contribution in [2.24, 2.45) is 0 Å². The third-order valence-corrected chi connectivity index (χ3v) is 5.11. The number of fused-ring (bicyclic) bond motifs is 3. The fourth-order valence-electron chi connectivity index (χ4n) is 4.15.